The molecule has 0 bridgehead atoms. The van der Waals surface area contributed by atoms with Gasteiger partial charge in [0.15, 0.2) is 5.76 Å². The maximum absolute atomic E-state index is 13.3. The number of hydrogen-bond acceptors (Lipinski definition) is 6. The van der Waals surface area contributed by atoms with Crippen molar-refractivity contribution in [3.63, 3.8) is 0 Å². The van der Waals surface area contributed by atoms with E-state index in [1.54, 1.807) is 30.7 Å². The van der Waals surface area contributed by atoms with Crippen molar-refractivity contribution in [2.75, 3.05) is 5.32 Å². The summed E-state index contributed by atoms with van der Waals surface area (Å²) in [6.45, 7) is 3.80. The van der Waals surface area contributed by atoms with Gasteiger partial charge in [0, 0.05) is 17.2 Å². The molecule has 1 N–H and O–H groups in total. The van der Waals surface area contributed by atoms with Gasteiger partial charge in [0.05, 0.1) is 33.6 Å². The molecule has 0 aliphatic rings. The van der Waals surface area contributed by atoms with Gasteiger partial charge in [-0.2, -0.15) is 5.10 Å². The number of carbonyl (C=O) groups is 1. The average Bonchev–Trinajstić information content (AvgIpc) is 3.40. The maximum Gasteiger partial charge on any atom is 0.291 e. The van der Waals surface area contributed by atoms with Crippen LogP contribution in [-0.2, 0) is 13.2 Å². The molecule has 4 aromatic rings. The molecule has 0 saturated carbocycles. The molecule has 1 amide bonds. The molecule has 0 unspecified atom stereocenters. The van der Waals surface area contributed by atoms with Crippen LogP contribution in [0.5, 0.6) is 5.75 Å². The third kappa shape index (κ3) is 5.50. The van der Waals surface area contributed by atoms with Crippen molar-refractivity contribution in [3.8, 4) is 5.75 Å². The van der Waals surface area contributed by atoms with Crippen LogP contribution in [0.25, 0.3) is 0 Å². The molecule has 0 atom stereocenters. The summed E-state index contributed by atoms with van der Waals surface area (Å²) in [6, 6.07) is 11.1. The predicted molar refractivity (Wildman–Crippen MR) is 131 cm³/mol. The van der Waals surface area contributed by atoms with Gasteiger partial charge in [-0.15, -0.1) is 0 Å². The first kappa shape index (κ1) is 25.2. The molecule has 0 spiro atoms. The van der Waals surface area contributed by atoms with Crippen LogP contribution < -0.4 is 10.1 Å². The maximum atomic E-state index is 13.3. The average molecular weight is 533 g/mol. The first-order valence-electron chi connectivity index (χ1n) is 10.6. The number of nitrogens with one attached hydrogen (secondary N) is 1. The van der Waals surface area contributed by atoms with Crippen LogP contribution in [0.4, 0.5) is 15.8 Å². The lowest BCUT2D eigenvalue weighted by atomic mass is 10.2. The molecule has 0 saturated heterocycles. The van der Waals surface area contributed by atoms with Crippen LogP contribution in [0.15, 0.2) is 52.9 Å². The molecule has 0 radical (unpaired) electrons. The molecule has 2 aromatic heterocycles. The standard InChI is InChI=1S/C24H19Cl2FN4O5/c1-13-23(14(2)30(29-13)11-15-3-4-16(27)9-19(15)25)28-24(32)22-8-6-18(36-22)12-35-21-7-5-17(31(33)34)10-20(21)26/h3-10H,11-12H2,1-2H3,(H,28,32). The molecule has 0 fully saturated rings. The normalized spacial score (nSPS) is 10.9. The minimum absolute atomic E-state index is 0.0424. The van der Waals surface area contributed by atoms with Crippen molar-refractivity contribution >= 4 is 40.5 Å². The van der Waals surface area contributed by atoms with Gasteiger partial charge < -0.3 is 14.5 Å². The van der Waals surface area contributed by atoms with E-state index in [1.165, 1.54) is 36.4 Å². The van der Waals surface area contributed by atoms with Crippen molar-refractivity contribution in [2.24, 2.45) is 0 Å². The molecule has 0 aliphatic carbocycles. The summed E-state index contributed by atoms with van der Waals surface area (Å²) in [7, 11) is 0. The first-order chi connectivity index (χ1) is 17.1. The van der Waals surface area contributed by atoms with Gasteiger partial charge in [-0.25, -0.2) is 4.39 Å². The fourth-order valence-corrected chi connectivity index (χ4v) is 3.92. The summed E-state index contributed by atoms with van der Waals surface area (Å²) in [5.41, 5.74) is 2.32. The number of non-ortho nitro benzene ring substituents is 1. The molecule has 9 nitrogen and oxygen atoms in total. The molecule has 2 heterocycles. The predicted octanol–water partition coefficient (Wildman–Crippen LogP) is 6.33. The van der Waals surface area contributed by atoms with Crippen LogP contribution in [0.2, 0.25) is 10.0 Å². The molecular formula is C24H19Cl2FN4O5. The number of nitro benzene ring substituents is 1. The topological polar surface area (TPSA) is 112 Å². The smallest absolute Gasteiger partial charge is 0.291 e. The number of anilines is 1. The zero-order valence-electron chi connectivity index (χ0n) is 19.0. The van der Waals surface area contributed by atoms with Crippen LogP contribution in [0.1, 0.15) is 33.3 Å². The van der Waals surface area contributed by atoms with Crippen molar-refractivity contribution < 1.29 is 23.3 Å². The summed E-state index contributed by atoms with van der Waals surface area (Å²) in [6.07, 6.45) is 0. The van der Waals surface area contributed by atoms with Gasteiger partial charge in [-0.05, 0) is 49.7 Å². The van der Waals surface area contributed by atoms with E-state index in [-0.39, 0.29) is 33.8 Å². The lowest BCUT2D eigenvalue weighted by molar-refractivity contribution is -0.384. The monoisotopic (exact) mass is 532 g/mol. The Kier molecular flexibility index (Phi) is 7.27. The summed E-state index contributed by atoms with van der Waals surface area (Å²) in [5, 5.41) is 18.4. The van der Waals surface area contributed by atoms with E-state index in [0.717, 1.165) is 0 Å². The number of nitrogens with zero attached hydrogens (tertiary/aromatic N) is 3. The lowest BCUT2D eigenvalue weighted by Gasteiger charge is -2.08. The molecular weight excluding hydrogens is 514 g/mol. The van der Waals surface area contributed by atoms with Gasteiger partial charge in [0.25, 0.3) is 11.6 Å². The molecule has 0 aliphatic heterocycles. The fourth-order valence-electron chi connectivity index (χ4n) is 3.46. The van der Waals surface area contributed by atoms with E-state index >= 15 is 0 Å². The highest BCUT2D eigenvalue weighted by Crippen LogP contribution is 2.29. The number of furan rings is 1. The summed E-state index contributed by atoms with van der Waals surface area (Å²) in [5.74, 6) is -0.268. The zero-order valence-corrected chi connectivity index (χ0v) is 20.6. The molecule has 2 aromatic carbocycles. The fraction of sp³-hybridized carbons (Fsp3) is 0.167. The number of carbonyl (C=O) groups excluding carboxylic acids is 1. The van der Waals surface area contributed by atoms with Crippen molar-refractivity contribution in [2.45, 2.75) is 27.0 Å². The van der Waals surface area contributed by atoms with E-state index in [9.17, 15) is 19.3 Å². The number of amides is 1. The number of halogens is 3. The molecule has 12 heteroatoms. The number of nitro groups is 1. The highest BCUT2D eigenvalue weighted by atomic mass is 35.5. The van der Waals surface area contributed by atoms with E-state index in [0.29, 0.717) is 34.9 Å². The molecule has 36 heavy (non-hydrogen) atoms. The second-order valence-electron chi connectivity index (χ2n) is 7.82. The van der Waals surface area contributed by atoms with Crippen LogP contribution in [0.3, 0.4) is 0 Å². The van der Waals surface area contributed by atoms with Crippen molar-refractivity contribution in [3.05, 3.63) is 103 Å². The number of ether oxygens (including phenoxy) is 1. The Morgan fingerprint density at radius 3 is 2.64 bits per heavy atom. The zero-order chi connectivity index (χ0) is 26.0. The Morgan fingerprint density at radius 1 is 1.17 bits per heavy atom. The minimum Gasteiger partial charge on any atom is -0.484 e. The SMILES string of the molecule is Cc1nn(Cc2ccc(F)cc2Cl)c(C)c1NC(=O)c1ccc(COc2ccc([N+](=O)[O-])cc2Cl)o1. The number of aromatic nitrogens is 2. The number of aryl methyl sites for hydroxylation is 1. The van der Waals surface area contributed by atoms with Gasteiger partial charge in [-0.1, -0.05) is 29.3 Å². The second kappa shape index (κ2) is 10.4. The van der Waals surface area contributed by atoms with Gasteiger partial charge in [0.1, 0.15) is 23.9 Å². The van der Waals surface area contributed by atoms with Gasteiger partial charge >= 0.3 is 0 Å². The Hall–Kier alpha value is -3.89. The molecule has 186 valence electrons. The minimum atomic E-state index is -0.557. The number of benzene rings is 2. The quantitative estimate of drug-likeness (QED) is 0.209. The van der Waals surface area contributed by atoms with E-state index < -0.39 is 16.6 Å². The number of rotatable bonds is 8. The lowest BCUT2D eigenvalue weighted by Crippen LogP contribution is -2.12. The Labute approximate surface area is 214 Å². The van der Waals surface area contributed by atoms with Gasteiger partial charge in [0.2, 0.25) is 0 Å². The van der Waals surface area contributed by atoms with E-state index in [2.05, 4.69) is 10.4 Å². The van der Waals surface area contributed by atoms with E-state index in [1.807, 2.05) is 0 Å². The summed E-state index contributed by atoms with van der Waals surface area (Å²) in [4.78, 5) is 23.1. The van der Waals surface area contributed by atoms with Crippen LogP contribution >= 0.6 is 23.2 Å². The van der Waals surface area contributed by atoms with Crippen molar-refractivity contribution in [1.29, 1.82) is 0 Å². The number of hydrogen-bond donors (Lipinski definition) is 1. The van der Waals surface area contributed by atoms with Crippen LogP contribution in [-0.4, -0.2) is 20.6 Å². The summed E-state index contributed by atoms with van der Waals surface area (Å²) >= 11 is 12.2. The first-order valence-corrected chi connectivity index (χ1v) is 11.3. The van der Waals surface area contributed by atoms with Crippen LogP contribution in [0, 0.1) is 29.8 Å². The van der Waals surface area contributed by atoms with E-state index in [4.69, 9.17) is 32.4 Å². The second-order valence-corrected chi connectivity index (χ2v) is 8.63. The largest absolute Gasteiger partial charge is 0.484 e. The highest BCUT2D eigenvalue weighted by molar-refractivity contribution is 6.32. The molecule has 4 rings (SSSR count). The van der Waals surface area contributed by atoms with Gasteiger partial charge in [-0.3, -0.25) is 19.6 Å². The van der Waals surface area contributed by atoms with Crippen molar-refractivity contribution in [1.82, 2.24) is 9.78 Å². The summed E-state index contributed by atoms with van der Waals surface area (Å²) < 4.78 is 26.1. The third-order valence-corrected chi connectivity index (χ3v) is 5.98. The Morgan fingerprint density at radius 2 is 1.94 bits per heavy atom. The third-order valence-electron chi connectivity index (χ3n) is 5.34. The Bertz CT molecular complexity index is 1470. The highest BCUT2D eigenvalue weighted by Gasteiger charge is 2.19. The Balaban J connectivity index is 1.42.